The Morgan fingerprint density at radius 1 is 1.70 bits per heavy atom. The average Bonchev–Trinajstić information content (AvgIpc) is 1.99. The molecule has 0 saturated heterocycles. The Hall–Kier alpha value is -0.790. The number of allylic oxidation sites excluding steroid dienone is 1. The Bertz CT molecular complexity index is 127. The van der Waals surface area contributed by atoms with Crippen LogP contribution in [0, 0.1) is 5.92 Å². The monoisotopic (exact) mass is 142 g/mol. The molecule has 2 heteroatoms. The minimum atomic E-state index is -0.152. The molecule has 0 aliphatic carbocycles. The van der Waals surface area contributed by atoms with Gasteiger partial charge in [0.05, 0.1) is 13.0 Å². The molecular weight excluding hydrogens is 128 g/mol. The van der Waals surface area contributed by atoms with Crippen LogP contribution in [-0.2, 0) is 9.53 Å². The molecule has 1 atom stereocenters. The predicted molar refractivity (Wildman–Crippen MR) is 40.6 cm³/mol. The van der Waals surface area contributed by atoms with E-state index in [4.69, 9.17) is 0 Å². The van der Waals surface area contributed by atoms with Gasteiger partial charge in [0, 0.05) is 0 Å². The molecule has 0 unspecified atom stereocenters. The molecule has 2 nitrogen and oxygen atoms in total. The summed E-state index contributed by atoms with van der Waals surface area (Å²) in [6.07, 6.45) is 4.52. The molecule has 0 fully saturated rings. The molecule has 0 aromatic rings. The second-order valence-corrected chi connectivity index (χ2v) is 2.06. The van der Waals surface area contributed by atoms with Gasteiger partial charge in [-0.25, -0.2) is 0 Å². The van der Waals surface area contributed by atoms with Crippen LogP contribution in [0.3, 0.4) is 0 Å². The van der Waals surface area contributed by atoms with Gasteiger partial charge in [-0.05, 0) is 13.3 Å². The maximum Gasteiger partial charge on any atom is 0.312 e. The van der Waals surface area contributed by atoms with Crippen LogP contribution >= 0.6 is 0 Å². The highest BCUT2D eigenvalue weighted by Crippen LogP contribution is 2.05. The number of ether oxygens (including phenoxy) is 1. The third-order valence-electron chi connectivity index (χ3n) is 1.37. The van der Waals surface area contributed by atoms with E-state index in [0.717, 1.165) is 6.42 Å². The SMILES string of the molecule is C/C=C\[C@H](CC)C(=O)OC. The molecule has 0 rings (SSSR count). The first-order valence-electron chi connectivity index (χ1n) is 3.46. The molecule has 0 bridgehead atoms. The van der Waals surface area contributed by atoms with Crippen LogP contribution in [0.25, 0.3) is 0 Å². The van der Waals surface area contributed by atoms with Crippen molar-refractivity contribution in [2.45, 2.75) is 20.3 Å². The summed E-state index contributed by atoms with van der Waals surface area (Å²) >= 11 is 0. The Morgan fingerprint density at radius 3 is 2.60 bits per heavy atom. The fraction of sp³-hybridized carbons (Fsp3) is 0.625. The molecule has 0 amide bonds. The second-order valence-electron chi connectivity index (χ2n) is 2.06. The lowest BCUT2D eigenvalue weighted by molar-refractivity contribution is -0.143. The zero-order valence-electron chi connectivity index (χ0n) is 6.76. The van der Waals surface area contributed by atoms with Crippen molar-refractivity contribution >= 4 is 5.97 Å². The number of carbonyl (C=O) groups excluding carboxylic acids is 1. The lowest BCUT2D eigenvalue weighted by Gasteiger charge is -2.05. The summed E-state index contributed by atoms with van der Waals surface area (Å²) in [5.74, 6) is -0.212. The topological polar surface area (TPSA) is 26.3 Å². The van der Waals surface area contributed by atoms with Gasteiger partial charge in [0.25, 0.3) is 0 Å². The smallest absolute Gasteiger partial charge is 0.312 e. The van der Waals surface area contributed by atoms with E-state index < -0.39 is 0 Å². The van der Waals surface area contributed by atoms with Crippen molar-refractivity contribution in [3.05, 3.63) is 12.2 Å². The minimum Gasteiger partial charge on any atom is -0.469 e. The van der Waals surface area contributed by atoms with E-state index >= 15 is 0 Å². The molecular formula is C8H14O2. The fourth-order valence-corrected chi connectivity index (χ4v) is 0.765. The summed E-state index contributed by atoms with van der Waals surface area (Å²) in [7, 11) is 1.41. The van der Waals surface area contributed by atoms with Gasteiger partial charge in [-0.15, -0.1) is 0 Å². The summed E-state index contributed by atoms with van der Waals surface area (Å²) in [5.41, 5.74) is 0. The van der Waals surface area contributed by atoms with Crippen LogP contribution < -0.4 is 0 Å². The number of methoxy groups -OCH3 is 1. The number of hydrogen-bond donors (Lipinski definition) is 0. The first-order chi connectivity index (χ1) is 4.76. The Morgan fingerprint density at radius 2 is 2.30 bits per heavy atom. The van der Waals surface area contributed by atoms with Gasteiger partial charge in [0.1, 0.15) is 0 Å². The number of esters is 1. The largest absolute Gasteiger partial charge is 0.469 e. The van der Waals surface area contributed by atoms with Crippen LogP contribution in [0.5, 0.6) is 0 Å². The van der Waals surface area contributed by atoms with E-state index in [-0.39, 0.29) is 11.9 Å². The van der Waals surface area contributed by atoms with E-state index in [9.17, 15) is 4.79 Å². The van der Waals surface area contributed by atoms with E-state index in [0.29, 0.717) is 0 Å². The molecule has 0 N–H and O–H groups in total. The molecule has 0 aliphatic rings. The minimum absolute atomic E-state index is 0.0602. The molecule has 0 heterocycles. The van der Waals surface area contributed by atoms with Crippen LogP contribution in [0.4, 0.5) is 0 Å². The number of carbonyl (C=O) groups is 1. The summed E-state index contributed by atoms with van der Waals surface area (Å²) < 4.78 is 4.57. The average molecular weight is 142 g/mol. The van der Waals surface area contributed by atoms with Crippen molar-refractivity contribution in [1.29, 1.82) is 0 Å². The summed E-state index contributed by atoms with van der Waals surface area (Å²) in [4.78, 5) is 10.9. The fourth-order valence-electron chi connectivity index (χ4n) is 0.765. The standard InChI is InChI=1S/C8H14O2/c1-4-6-7(5-2)8(9)10-3/h4,6-7H,5H2,1-3H3/b6-4-/t7-/m0/s1. The summed E-state index contributed by atoms with van der Waals surface area (Å²) in [6.45, 7) is 3.85. The van der Waals surface area contributed by atoms with Gasteiger partial charge in [-0.2, -0.15) is 0 Å². The lowest BCUT2D eigenvalue weighted by atomic mass is 10.1. The van der Waals surface area contributed by atoms with Gasteiger partial charge in [0.2, 0.25) is 0 Å². The maximum absolute atomic E-state index is 10.9. The molecule has 0 saturated carbocycles. The first-order valence-corrected chi connectivity index (χ1v) is 3.46. The number of hydrogen-bond acceptors (Lipinski definition) is 2. The highest BCUT2D eigenvalue weighted by Gasteiger charge is 2.11. The third-order valence-corrected chi connectivity index (χ3v) is 1.37. The van der Waals surface area contributed by atoms with Crippen molar-refractivity contribution in [3.8, 4) is 0 Å². The van der Waals surface area contributed by atoms with Gasteiger partial charge >= 0.3 is 5.97 Å². The Kier molecular flexibility index (Phi) is 4.63. The van der Waals surface area contributed by atoms with E-state index in [1.165, 1.54) is 7.11 Å². The molecule has 0 aromatic carbocycles. The first kappa shape index (κ1) is 9.21. The molecule has 0 spiro atoms. The van der Waals surface area contributed by atoms with E-state index in [1.807, 2.05) is 26.0 Å². The van der Waals surface area contributed by atoms with Crippen molar-refractivity contribution in [2.75, 3.05) is 7.11 Å². The highest BCUT2D eigenvalue weighted by molar-refractivity contribution is 5.74. The quantitative estimate of drug-likeness (QED) is 0.443. The normalized spacial score (nSPS) is 13.5. The Labute approximate surface area is 61.9 Å². The molecule has 0 aliphatic heterocycles. The van der Waals surface area contributed by atoms with Crippen molar-refractivity contribution in [3.63, 3.8) is 0 Å². The molecule has 58 valence electrons. The van der Waals surface area contributed by atoms with Crippen LogP contribution in [0.2, 0.25) is 0 Å². The third kappa shape index (κ3) is 2.67. The van der Waals surface area contributed by atoms with Crippen molar-refractivity contribution in [2.24, 2.45) is 5.92 Å². The lowest BCUT2D eigenvalue weighted by Crippen LogP contribution is -2.12. The van der Waals surface area contributed by atoms with Gasteiger partial charge in [-0.1, -0.05) is 19.1 Å². The van der Waals surface area contributed by atoms with Crippen molar-refractivity contribution in [1.82, 2.24) is 0 Å². The van der Waals surface area contributed by atoms with Crippen LogP contribution in [-0.4, -0.2) is 13.1 Å². The highest BCUT2D eigenvalue weighted by atomic mass is 16.5. The summed E-state index contributed by atoms with van der Waals surface area (Å²) in [5, 5.41) is 0. The molecule has 0 radical (unpaired) electrons. The number of rotatable bonds is 3. The Balaban J connectivity index is 3.93. The van der Waals surface area contributed by atoms with Gasteiger partial charge in [-0.3, -0.25) is 4.79 Å². The zero-order chi connectivity index (χ0) is 7.98. The molecule has 10 heavy (non-hydrogen) atoms. The molecule has 0 aromatic heterocycles. The maximum atomic E-state index is 10.9. The van der Waals surface area contributed by atoms with E-state index in [2.05, 4.69) is 4.74 Å². The predicted octanol–water partition coefficient (Wildman–Crippen LogP) is 1.76. The van der Waals surface area contributed by atoms with Crippen molar-refractivity contribution < 1.29 is 9.53 Å². The van der Waals surface area contributed by atoms with Gasteiger partial charge < -0.3 is 4.74 Å². The van der Waals surface area contributed by atoms with Gasteiger partial charge in [0.15, 0.2) is 0 Å². The second kappa shape index (κ2) is 5.03. The zero-order valence-corrected chi connectivity index (χ0v) is 6.76. The van der Waals surface area contributed by atoms with E-state index in [1.54, 1.807) is 0 Å². The summed E-state index contributed by atoms with van der Waals surface area (Å²) in [6, 6.07) is 0. The van der Waals surface area contributed by atoms with Crippen LogP contribution in [0.1, 0.15) is 20.3 Å². The van der Waals surface area contributed by atoms with Crippen LogP contribution in [0.15, 0.2) is 12.2 Å².